The van der Waals surface area contributed by atoms with Crippen molar-refractivity contribution in [3.05, 3.63) is 87.9 Å². The van der Waals surface area contributed by atoms with Crippen LogP contribution in [0.25, 0.3) is 0 Å². The van der Waals surface area contributed by atoms with Gasteiger partial charge in [-0.1, -0.05) is 56.1 Å². The SMILES string of the molecule is CC(C)(C)c1ccc(Oc2ccc(N3C[C@H](C(=O)OCC(=O)c4ccc(Cl)cc4Cl)CC3=O)cc2)cc1. The number of benzene rings is 3. The van der Waals surface area contributed by atoms with Gasteiger partial charge >= 0.3 is 5.97 Å². The number of esters is 1. The Kier molecular flexibility index (Phi) is 7.90. The van der Waals surface area contributed by atoms with E-state index in [9.17, 15) is 14.4 Å². The quantitative estimate of drug-likeness (QED) is 0.242. The molecule has 1 fully saturated rings. The summed E-state index contributed by atoms with van der Waals surface area (Å²) in [5, 5.41) is 0.586. The number of hydrogen-bond acceptors (Lipinski definition) is 5. The first kappa shape index (κ1) is 26.7. The van der Waals surface area contributed by atoms with Gasteiger partial charge in [0.05, 0.1) is 10.9 Å². The largest absolute Gasteiger partial charge is 0.457 e. The molecule has 6 nitrogen and oxygen atoms in total. The summed E-state index contributed by atoms with van der Waals surface area (Å²) in [5.74, 6) is -0.559. The van der Waals surface area contributed by atoms with Crippen LogP contribution >= 0.6 is 23.2 Å². The number of amides is 1. The van der Waals surface area contributed by atoms with E-state index in [1.165, 1.54) is 28.7 Å². The molecule has 37 heavy (non-hydrogen) atoms. The standard InChI is InChI=1S/C29H27Cl2NO5/c1-29(2,3)19-4-9-22(10-5-19)37-23-11-7-21(8-12-23)32-16-18(14-27(32)34)28(35)36-17-26(33)24-13-6-20(30)15-25(24)31/h4-13,15,18H,14,16-17H2,1-3H3/t18-/m1/s1. The Morgan fingerprint density at radius 3 is 2.16 bits per heavy atom. The number of Topliss-reactive ketones (excluding diaryl/α,β-unsaturated/α-hetero) is 1. The molecular weight excluding hydrogens is 513 g/mol. The highest BCUT2D eigenvalue weighted by Crippen LogP contribution is 2.31. The first-order valence-corrected chi connectivity index (χ1v) is 12.6. The van der Waals surface area contributed by atoms with Crippen molar-refractivity contribution in [2.75, 3.05) is 18.1 Å². The van der Waals surface area contributed by atoms with Gasteiger partial charge in [-0.3, -0.25) is 14.4 Å². The highest BCUT2D eigenvalue weighted by atomic mass is 35.5. The number of nitrogens with zero attached hydrogens (tertiary/aromatic N) is 1. The van der Waals surface area contributed by atoms with Gasteiger partial charge in [0.15, 0.2) is 6.61 Å². The van der Waals surface area contributed by atoms with Gasteiger partial charge in [-0.25, -0.2) is 0 Å². The summed E-state index contributed by atoms with van der Waals surface area (Å²) in [4.78, 5) is 39.1. The van der Waals surface area contributed by atoms with Gasteiger partial charge in [-0.15, -0.1) is 0 Å². The number of ether oxygens (including phenoxy) is 2. The van der Waals surface area contributed by atoms with Crippen LogP contribution in [0, 0.1) is 5.92 Å². The fourth-order valence-corrected chi connectivity index (χ4v) is 4.53. The van der Waals surface area contributed by atoms with Crippen molar-refractivity contribution < 1.29 is 23.9 Å². The van der Waals surface area contributed by atoms with Crippen molar-refractivity contribution in [3.63, 3.8) is 0 Å². The molecule has 0 aliphatic carbocycles. The molecule has 192 valence electrons. The Morgan fingerprint density at radius 2 is 1.57 bits per heavy atom. The van der Waals surface area contributed by atoms with Crippen molar-refractivity contribution in [2.45, 2.75) is 32.6 Å². The van der Waals surface area contributed by atoms with E-state index in [-0.39, 0.29) is 34.9 Å². The molecule has 0 aromatic heterocycles. The van der Waals surface area contributed by atoms with Crippen LogP contribution in [0.5, 0.6) is 11.5 Å². The van der Waals surface area contributed by atoms with Gasteiger partial charge in [0, 0.05) is 29.2 Å². The number of carbonyl (C=O) groups excluding carboxylic acids is 3. The summed E-state index contributed by atoms with van der Waals surface area (Å²) in [6.07, 6.45) is 0.00705. The molecule has 3 aromatic rings. The molecule has 0 N–H and O–H groups in total. The maximum Gasteiger partial charge on any atom is 0.311 e. The zero-order valence-corrected chi connectivity index (χ0v) is 22.3. The number of carbonyl (C=O) groups is 3. The van der Waals surface area contributed by atoms with Gasteiger partial charge < -0.3 is 14.4 Å². The Morgan fingerprint density at radius 1 is 0.946 bits per heavy atom. The number of halogens is 2. The third-order valence-electron chi connectivity index (χ3n) is 6.14. The molecule has 3 aromatic carbocycles. The number of anilines is 1. The second-order valence-corrected chi connectivity index (χ2v) is 10.8. The molecule has 1 saturated heterocycles. The zero-order chi connectivity index (χ0) is 26.7. The van der Waals surface area contributed by atoms with Gasteiger partial charge in [-0.05, 0) is 65.6 Å². The van der Waals surface area contributed by atoms with E-state index in [1.807, 2.05) is 24.3 Å². The summed E-state index contributed by atoms with van der Waals surface area (Å²) in [7, 11) is 0. The van der Waals surface area contributed by atoms with Crippen molar-refractivity contribution in [2.24, 2.45) is 5.92 Å². The maximum absolute atomic E-state index is 12.6. The average molecular weight is 540 g/mol. The minimum atomic E-state index is -0.668. The molecule has 1 amide bonds. The molecule has 8 heteroatoms. The number of hydrogen-bond donors (Lipinski definition) is 0. The monoisotopic (exact) mass is 539 g/mol. The molecule has 0 bridgehead atoms. The highest BCUT2D eigenvalue weighted by molar-refractivity contribution is 6.36. The van der Waals surface area contributed by atoms with Gasteiger partial charge in [0.25, 0.3) is 0 Å². The lowest BCUT2D eigenvalue weighted by Crippen LogP contribution is -2.27. The van der Waals surface area contributed by atoms with Crippen LogP contribution in [0.3, 0.4) is 0 Å². The fourth-order valence-electron chi connectivity index (χ4n) is 4.02. The summed E-state index contributed by atoms with van der Waals surface area (Å²) < 4.78 is 11.1. The molecule has 0 saturated carbocycles. The third kappa shape index (κ3) is 6.51. The van der Waals surface area contributed by atoms with Crippen LogP contribution in [0.1, 0.15) is 43.1 Å². The Bertz CT molecular complexity index is 1310. The molecule has 1 atom stereocenters. The van der Waals surface area contributed by atoms with Crippen molar-refractivity contribution in [3.8, 4) is 11.5 Å². The van der Waals surface area contributed by atoms with Gasteiger partial charge in [0.2, 0.25) is 11.7 Å². The molecule has 1 heterocycles. The summed E-state index contributed by atoms with van der Waals surface area (Å²) in [5.41, 5.74) is 2.15. The van der Waals surface area contributed by atoms with Crippen LogP contribution in [-0.4, -0.2) is 30.8 Å². The Balaban J connectivity index is 1.33. The second kappa shape index (κ2) is 11.0. The average Bonchev–Trinajstić information content (AvgIpc) is 3.24. The van der Waals surface area contributed by atoms with Crippen LogP contribution in [0.4, 0.5) is 5.69 Å². The van der Waals surface area contributed by atoms with Crippen molar-refractivity contribution in [1.82, 2.24) is 0 Å². The number of rotatable bonds is 7. The minimum Gasteiger partial charge on any atom is -0.457 e. The molecule has 1 aliphatic rings. The lowest BCUT2D eigenvalue weighted by atomic mass is 9.87. The van der Waals surface area contributed by atoms with Crippen LogP contribution < -0.4 is 9.64 Å². The lowest BCUT2D eigenvalue weighted by molar-refractivity contribution is -0.147. The first-order valence-electron chi connectivity index (χ1n) is 11.8. The third-order valence-corrected chi connectivity index (χ3v) is 6.69. The Hall–Kier alpha value is -3.35. The minimum absolute atomic E-state index is 0.00705. The van der Waals surface area contributed by atoms with E-state index < -0.39 is 24.3 Å². The predicted octanol–water partition coefficient (Wildman–Crippen LogP) is 6.86. The van der Waals surface area contributed by atoms with E-state index in [4.69, 9.17) is 32.7 Å². The highest BCUT2D eigenvalue weighted by Gasteiger charge is 2.36. The summed E-state index contributed by atoms with van der Waals surface area (Å²) in [6, 6.07) is 19.5. The maximum atomic E-state index is 12.6. The van der Waals surface area contributed by atoms with Gasteiger partial charge in [-0.2, -0.15) is 0 Å². The fraction of sp³-hybridized carbons (Fsp3) is 0.276. The van der Waals surface area contributed by atoms with E-state index in [1.54, 1.807) is 24.3 Å². The van der Waals surface area contributed by atoms with Gasteiger partial charge in [0.1, 0.15) is 11.5 Å². The molecule has 1 aliphatic heterocycles. The van der Waals surface area contributed by atoms with Crippen LogP contribution in [0.15, 0.2) is 66.7 Å². The molecule has 0 unspecified atom stereocenters. The van der Waals surface area contributed by atoms with Crippen LogP contribution in [-0.2, 0) is 19.7 Å². The zero-order valence-electron chi connectivity index (χ0n) is 20.8. The van der Waals surface area contributed by atoms with Crippen molar-refractivity contribution >= 4 is 46.5 Å². The predicted molar refractivity (Wildman–Crippen MR) is 144 cm³/mol. The molecule has 4 rings (SSSR count). The van der Waals surface area contributed by atoms with E-state index in [2.05, 4.69) is 20.8 Å². The lowest BCUT2D eigenvalue weighted by Gasteiger charge is -2.19. The first-order chi connectivity index (χ1) is 17.5. The summed E-state index contributed by atoms with van der Waals surface area (Å²) >= 11 is 11.9. The smallest absolute Gasteiger partial charge is 0.311 e. The van der Waals surface area contributed by atoms with Crippen molar-refractivity contribution in [1.29, 1.82) is 0 Å². The second-order valence-electron chi connectivity index (χ2n) is 9.93. The number of ketones is 1. The molecule has 0 spiro atoms. The van der Waals surface area contributed by atoms with E-state index >= 15 is 0 Å². The molecular formula is C29H27Cl2NO5. The normalized spacial score (nSPS) is 15.5. The summed E-state index contributed by atoms with van der Waals surface area (Å²) in [6.45, 7) is 6.17. The topological polar surface area (TPSA) is 72.9 Å². The van der Waals surface area contributed by atoms with E-state index in [0.29, 0.717) is 16.5 Å². The van der Waals surface area contributed by atoms with Crippen LogP contribution in [0.2, 0.25) is 10.0 Å². The molecule has 0 radical (unpaired) electrons. The Labute approximate surface area is 226 Å². The van der Waals surface area contributed by atoms with E-state index in [0.717, 1.165) is 5.75 Å².